The van der Waals surface area contributed by atoms with Crippen molar-refractivity contribution in [3.05, 3.63) is 40.4 Å². The lowest BCUT2D eigenvalue weighted by Gasteiger charge is -2.15. The lowest BCUT2D eigenvalue weighted by Crippen LogP contribution is -2.29. The molecular formula is C11H12N2O3. The molecule has 1 amide bonds. The van der Waals surface area contributed by atoms with Crippen molar-refractivity contribution in [3.8, 4) is 0 Å². The number of rotatable bonds is 3. The maximum atomic E-state index is 11.9. The van der Waals surface area contributed by atoms with Crippen LogP contribution in [-0.2, 0) is 4.79 Å². The normalized spacial score (nSPS) is 20.1. The molecule has 0 saturated carbocycles. The summed E-state index contributed by atoms with van der Waals surface area (Å²) in [6.45, 7) is 0.309. The predicted octanol–water partition coefficient (Wildman–Crippen LogP) is 1.32. The van der Waals surface area contributed by atoms with Crippen molar-refractivity contribution in [2.75, 3.05) is 18.0 Å². The Balaban J connectivity index is 2.11. The number of hydrogen-bond donors (Lipinski definition) is 0. The van der Waals surface area contributed by atoms with Crippen molar-refractivity contribution < 1.29 is 9.72 Å². The molecule has 5 nitrogen and oxygen atoms in total. The van der Waals surface area contributed by atoms with Crippen LogP contribution in [0, 0.1) is 16.0 Å². The van der Waals surface area contributed by atoms with E-state index < -0.39 is 10.8 Å². The minimum atomic E-state index is -0.463. The molecule has 0 aromatic heterocycles. The Morgan fingerprint density at radius 2 is 2.06 bits per heavy atom. The SMILES string of the molecule is O=C1[C@@H](C[N+](=O)[O-])CCN1c1ccccc1. The van der Waals surface area contributed by atoms with Gasteiger partial charge in [0.25, 0.3) is 0 Å². The Morgan fingerprint density at radius 3 is 2.69 bits per heavy atom. The first-order chi connectivity index (χ1) is 7.68. The maximum absolute atomic E-state index is 11.9. The summed E-state index contributed by atoms with van der Waals surface area (Å²) in [6.07, 6.45) is 0.564. The van der Waals surface area contributed by atoms with Gasteiger partial charge in [-0.2, -0.15) is 0 Å². The van der Waals surface area contributed by atoms with Crippen LogP contribution >= 0.6 is 0 Å². The number of benzene rings is 1. The fraction of sp³-hybridized carbons (Fsp3) is 0.364. The van der Waals surface area contributed by atoms with Crippen molar-refractivity contribution >= 4 is 11.6 Å². The summed E-state index contributed by atoms with van der Waals surface area (Å²) in [5, 5.41) is 10.4. The molecule has 1 fully saturated rings. The molecule has 1 saturated heterocycles. The summed E-state index contributed by atoms with van der Waals surface area (Å²) < 4.78 is 0. The minimum Gasteiger partial charge on any atom is -0.312 e. The van der Waals surface area contributed by atoms with Crippen LogP contribution in [0.1, 0.15) is 6.42 Å². The van der Waals surface area contributed by atoms with E-state index in [1.165, 1.54) is 0 Å². The molecule has 0 N–H and O–H groups in total. The number of hydrogen-bond acceptors (Lipinski definition) is 3. The fourth-order valence-corrected chi connectivity index (χ4v) is 1.95. The van der Waals surface area contributed by atoms with E-state index in [0.29, 0.717) is 13.0 Å². The zero-order chi connectivity index (χ0) is 11.5. The first-order valence-corrected chi connectivity index (χ1v) is 5.16. The van der Waals surface area contributed by atoms with E-state index in [-0.39, 0.29) is 12.5 Å². The van der Waals surface area contributed by atoms with Gasteiger partial charge in [-0.3, -0.25) is 14.9 Å². The van der Waals surface area contributed by atoms with Gasteiger partial charge in [-0.05, 0) is 18.6 Å². The van der Waals surface area contributed by atoms with Crippen LogP contribution in [0.15, 0.2) is 30.3 Å². The van der Waals surface area contributed by atoms with Crippen LogP contribution < -0.4 is 4.90 Å². The standard InChI is InChI=1S/C11H12N2O3/c14-11-9(8-13(15)16)6-7-12(11)10-4-2-1-3-5-10/h1-5,9H,6-8H2/t9-/m1/s1. The van der Waals surface area contributed by atoms with Gasteiger partial charge in [0.2, 0.25) is 12.5 Å². The van der Waals surface area contributed by atoms with Crippen LogP contribution in [0.25, 0.3) is 0 Å². The Hall–Kier alpha value is -1.91. The number of nitrogens with zero attached hydrogens (tertiary/aromatic N) is 2. The molecule has 1 atom stereocenters. The highest BCUT2D eigenvalue weighted by Crippen LogP contribution is 2.24. The van der Waals surface area contributed by atoms with Gasteiger partial charge in [0.1, 0.15) is 5.92 Å². The summed E-state index contributed by atoms with van der Waals surface area (Å²) in [5.74, 6) is -0.599. The second-order valence-corrected chi connectivity index (χ2v) is 3.83. The van der Waals surface area contributed by atoms with Gasteiger partial charge >= 0.3 is 0 Å². The van der Waals surface area contributed by atoms with Gasteiger partial charge in [0.05, 0.1) is 0 Å². The van der Waals surface area contributed by atoms with E-state index in [1.807, 2.05) is 30.3 Å². The molecule has 0 unspecified atom stereocenters. The predicted molar refractivity (Wildman–Crippen MR) is 58.8 cm³/mol. The quantitative estimate of drug-likeness (QED) is 0.570. The molecule has 16 heavy (non-hydrogen) atoms. The molecule has 2 rings (SSSR count). The lowest BCUT2D eigenvalue weighted by molar-refractivity contribution is -0.485. The largest absolute Gasteiger partial charge is 0.312 e. The number of para-hydroxylation sites is 1. The highest BCUT2D eigenvalue weighted by Gasteiger charge is 2.35. The smallest absolute Gasteiger partial charge is 0.236 e. The first kappa shape index (κ1) is 10.6. The zero-order valence-electron chi connectivity index (χ0n) is 8.70. The van der Waals surface area contributed by atoms with Crippen molar-refractivity contribution in [2.24, 2.45) is 5.92 Å². The molecule has 5 heteroatoms. The molecule has 0 aliphatic carbocycles. The van der Waals surface area contributed by atoms with Crippen LogP contribution in [0.5, 0.6) is 0 Å². The van der Waals surface area contributed by atoms with E-state index in [1.54, 1.807) is 4.90 Å². The average Bonchev–Trinajstić information content (AvgIpc) is 2.61. The zero-order valence-corrected chi connectivity index (χ0v) is 8.70. The summed E-state index contributed by atoms with van der Waals surface area (Å²) in [6, 6.07) is 9.25. The molecule has 1 aliphatic heterocycles. The summed E-state index contributed by atoms with van der Waals surface area (Å²) in [7, 11) is 0. The van der Waals surface area contributed by atoms with Gasteiger partial charge in [0, 0.05) is 17.2 Å². The molecule has 1 aromatic carbocycles. The van der Waals surface area contributed by atoms with E-state index >= 15 is 0 Å². The lowest BCUT2D eigenvalue weighted by atomic mass is 10.1. The minimum absolute atomic E-state index is 0.136. The number of amides is 1. The Bertz CT molecular complexity index is 405. The fourth-order valence-electron chi connectivity index (χ4n) is 1.95. The molecule has 1 aliphatic rings. The molecule has 0 spiro atoms. The second kappa shape index (κ2) is 4.30. The van der Waals surface area contributed by atoms with Crippen molar-refractivity contribution in [1.29, 1.82) is 0 Å². The monoisotopic (exact) mass is 220 g/mol. The Kier molecular flexibility index (Phi) is 2.85. The van der Waals surface area contributed by atoms with Crippen molar-refractivity contribution in [3.63, 3.8) is 0 Å². The van der Waals surface area contributed by atoms with Gasteiger partial charge in [0.15, 0.2) is 0 Å². The van der Waals surface area contributed by atoms with E-state index in [9.17, 15) is 14.9 Å². The average molecular weight is 220 g/mol. The van der Waals surface area contributed by atoms with Crippen LogP contribution in [0.3, 0.4) is 0 Å². The number of carbonyl (C=O) groups is 1. The first-order valence-electron chi connectivity index (χ1n) is 5.16. The molecular weight excluding hydrogens is 208 g/mol. The van der Waals surface area contributed by atoms with Crippen molar-refractivity contribution in [2.45, 2.75) is 6.42 Å². The second-order valence-electron chi connectivity index (χ2n) is 3.83. The maximum Gasteiger partial charge on any atom is 0.236 e. The topological polar surface area (TPSA) is 63.4 Å². The number of anilines is 1. The van der Waals surface area contributed by atoms with Crippen molar-refractivity contribution in [1.82, 2.24) is 0 Å². The van der Waals surface area contributed by atoms with E-state index in [0.717, 1.165) is 5.69 Å². The van der Waals surface area contributed by atoms with Gasteiger partial charge in [-0.1, -0.05) is 18.2 Å². The van der Waals surface area contributed by atoms with Crippen LogP contribution in [0.4, 0.5) is 5.69 Å². The summed E-state index contributed by atoms with van der Waals surface area (Å²) in [4.78, 5) is 23.4. The number of carbonyl (C=O) groups excluding carboxylic acids is 1. The van der Waals surface area contributed by atoms with Crippen LogP contribution in [-0.4, -0.2) is 23.9 Å². The molecule has 1 aromatic rings. The molecule has 1 heterocycles. The third-order valence-electron chi connectivity index (χ3n) is 2.75. The highest BCUT2D eigenvalue weighted by atomic mass is 16.6. The van der Waals surface area contributed by atoms with Gasteiger partial charge in [-0.15, -0.1) is 0 Å². The third kappa shape index (κ3) is 2.03. The Labute approximate surface area is 92.8 Å². The highest BCUT2D eigenvalue weighted by molar-refractivity contribution is 5.97. The van der Waals surface area contributed by atoms with Crippen LogP contribution in [0.2, 0.25) is 0 Å². The molecule has 0 bridgehead atoms. The van der Waals surface area contributed by atoms with Gasteiger partial charge in [-0.25, -0.2) is 0 Å². The summed E-state index contributed by atoms with van der Waals surface area (Å²) >= 11 is 0. The number of nitro groups is 1. The third-order valence-corrected chi connectivity index (χ3v) is 2.75. The van der Waals surface area contributed by atoms with Gasteiger partial charge < -0.3 is 4.90 Å². The molecule has 84 valence electrons. The Morgan fingerprint density at radius 1 is 1.38 bits per heavy atom. The molecule has 0 radical (unpaired) electrons. The van der Waals surface area contributed by atoms with E-state index in [2.05, 4.69) is 0 Å². The van der Waals surface area contributed by atoms with E-state index in [4.69, 9.17) is 0 Å². The summed E-state index contributed by atoms with van der Waals surface area (Å²) in [5.41, 5.74) is 0.818.